The molecule has 3 amide bonds. The van der Waals surface area contributed by atoms with E-state index in [1.165, 1.54) is 0 Å². The van der Waals surface area contributed by atoms with E-state index in [-0.39, 0.29) is 30.6 Å². The summed E-state index contributed by atoms with van der Waals surface area (Å²) < 4.78 is 0. The van der Waals surface area contributed by atoms with Crippen LogP contribution < -0.4 is 16.4 Å². The van der Waals surface area contributed by atoms with Gasteiger partial charge in [0.2, 0.25) is 17.7 Å². The molecule has 0 aromatic rings. The number of alkyl halides is 1. The summed E-state index contributed by atoms with van der Waals surface area (Å²) in [5, 5.41) is 13.0. The molecule has 102 valence electrons. The molecule has 18 heavy (non-hydrogen) atoms. The fraction of sp³-hybridized carbons (Fsp3) is 0.556. The largest absolute Gasteiger partial charge is 0.481 e. The highest BCUT2D eigenvalue weighted by molar-refractivity contribution is 9.09. The number of carbonyl (C=O) groups excluding carboxylic acids is 3. The maximum absolute atomic E-state index is 11.3. The molecule has 0 aromatic heterocycles. The molecule has 0 radical (unpaired) electrons. The van der Waals surface area contributed by atoms with E-state index in [2.05, 4.69) is 26.6 Å². The molecular weight excluding hydrogens is 310 g/mol. The molecule has 0 saturated carbocycles. The maximum atomic E-state index is 11.3. The third-order valence-corrected chi connectivity index (χ3v) is 2.40. The number of hydrogen-bond donors (Lipinski definition) is 4. The van der Waals surface area contributed by atoms with Crippen molar-refractivity contribution in [1.29, 1.82) is 0 Å². The number of carboxylic acid groups (broad SMARTS) is 1. The normalized spacial score (nSPS) is 11.4. The summed E-state index contributed by atoms with van der Waals surface area (Å²) in [6, 6.07) is -1.06. The highest BCUT2D eigenvalue weighted by Gasteiger charge is 2.19. The number of nitrogens with two attached hydrogens (primary N) is 1. The van der Waals surface area contributed by atoms with Crippen LogP contribution in [-0.4, -0.2) is 46.7 Å². The summed E-state index contributed by atoms with van der Waals surface area (Å²) in [4.78, 5) is 43.5. The smallest absolute Gasteiger partial charge is 0.303 e. The minimum Gasteiger partial charge on any atom is -0.481 e. The fourth-order valence-corrected chi connectivity index (χ4v) is 1.22. The molecule has 0 aromatic carbocycles. The van der Waals surface area contributed by atoms with Crippen LogP contribution in [0.5, 0.6) is 0 Å². The Morgan fingerprint density at radius 2 is 1.83 bits per heavy atom. The van der Waals surface area contributed by atoms with Gasteiger partial charge < -0.3 is 21.5 Å². The molecule has 0 spiro atoms. The third kappa shape index (κ3) is 7.60. The van der Waals surface area contributed by atoms with Crippen LogP contribution in [0.25, 0.3) is 0 Å². The van der Waals surface area contributed by atoms with Crippen molar-refractivity contribution >= 4 is 39.6 Å². The van der Waals surface area contributed by atoms with Gasteiger partial charge in [0, 0.05) is 6.42 Å². The van der Waals surface area contributed by atoms with Crippen molar-refractivity contribution in [3.63, 3.8) is 0 Å². The molecule has 9 heteroatoms. The first-order chi connectivity index (χ1) is 8.36. The number of rotatable bonds is 8. The van der Waals surface area contributed by atoms with Crippen LogP contribution in [0.15, 0.2) is 0 Å². The van der Waals surface area contributed by atoms with E-state index in [0.29, 0.717) is 0 Å². The minimum atomic E-state index is -1.09. The lowest BCUT2D eigenvalue weighted by Crippen LogP contribution is -2.48. The van der Waals surface area contributed by atoms with Gasteiger partial charge in [-0.3, -0.25) is 19.2 Å². The molecule has 1 atom stereocenters. The fourth-order valence-electron chi connectivity index (χ4n) is 1.02. The summed E-state index contributed by atoms with van der Waals surface area (Å²) in [5.74, 6) is -2.91. The molecule has 0 bridgehead atoms. The van der Waals surface area contributed by atoms with E-state index < -0.39 is 23.8 Å². The van der Waals surface area contributed by atoms with Gasteiger partial charge in [-0.15, -0.1) is 0 Å². The molecule has 0 rings (SSSR count). The molecule has 0 unspecified atom stereocenters. The summed E-state index contributed by atoms with van der Waals surface area (Å²) in [7, 11) is 0. The predicted molar refractivity (Wildman–Crippen MR) is 64.8 cm³/mol. The van der Waals surface area contributed by atoms with Crippen molar-refractivity contribution in [2.24, 2.45) is 5.73 Å². The number of carbonyl (C=O) groups is 4. The molecule has 0 saturated heterocycles. The van der Waals surface area contributed by atoms with Gasteiger partial charge in [0.25, 0.3) is 0 Å². The number of halogens is 1. The number of carboxylic acids is 1. The molecule has 0 aliphatic rings. The second-order valence-electron chi connectivity index (χ2n) is 3.37. The van der Waals surface area contributed by atoms with Gasteiger partial charge >= 0.3 is 5.97 Å². The lowest BCUT2D eigenvalue weighted by molar-refractivity contribution is -0.137. The van der Waals surface area contributed by atoms with Crippen LogP contribution in [0.3, 0.4) is 0 Å². The van der Waals surface area contributed by atoms with Gasteiger partial charge in [-0.2, -0.15) is 0 Å². The monoisotopic (exact) mass is 323 g/mol. The Hall–Kier alpha value is -1.64. The Morgan fingerprint density at radius 1 is 1.22 bits per heavy atom. The van der Waals surface area contributed by atoms with Crippen LogP contribution in [0.2, 0.25) is 0 Å². The standard InChI is InChI=1S/C9H14BrN3O5/c10-3-6(14)12-4-7(15)13-5(9(11)18)1-2-8(16)17/h5H,1-4H2,(H2,11,18)(H,12,14)(H,13,15)(H,16,17)/t5-/m0/s1. The van der Waals surface area contributed by atoms with Crippen molar-refractivity contribution in [2.75, 3.05) is 11.9 Å². The molecule has 0 aliphatic carbocycles. The van der Waals surface area contributed by atoms with Crippen LogP contribution in [0, 0.1) is 0 Å². The zero-order valence-corrected chi connectivity index (χ0v) is 11.0. The van der Waals surface area contributed by atoms with E-state index in [1.807, 2.05) is 0 Å². The van der Waals surface area contributed by atoms with Gasteiger partial charge in [0.15, 0.2) is 0 Å². The summed E-state index contributed by atoms with van der Waals surface area (Å²) in [6.45, 7) is -0.304. The highest BCUT2D eigenvalue weighted by atomic mass is 79.9. The van der Waals surface area contributed by atoms with Crippen LogP contribution in [-0.2, 0) is 19.2 Å². The number of amides is 3. The first-order valence-corrected chi connectivity index (χ1v) is 6.12. The van der Waals surface area contributed by atoms with Crippen molar-refractivity contribution < 1.29 is 24.3 Å². The quantitative estimate of drug-likeness (QED) is 0.396. The molecule has 0 aliphatic heterocycles. The van der Waals surface area contributed by atoms with E-state index >= 15 is 0 Å². The minimum absolute atomic E-state index is 0.0541. The Kier molecular flexibility index (Phi) is 7.68. The zero-order valence-electron chi connectivity index (χ0n) is 9.44. The number of nitrogens with one attached hydrogen (secondary N) is 2. The Bertz CT molecular complexity index is 347. The number of aliphatic carboxylic acids is 1. The topological polar surface area (TPSA) is 139 Å². The molecular formula is C9H14BrN3O5. The molecule has 8 nitrogen and oxygen atoms in total. The van der Waals surface area contributed by atoms with E-state index in [9.17, 15) is 19.2 Å². The van der Waals surface area contributed by atoms with Crippen LogP contribution >= 0.6 is 15.9 Å². The van der Waals surface area contributed by atoms with Crippen molar-refractivity contribution in [3.8, 4) is 0 Å². The second-order valence-corrected chi connectivity index (χ2v) is 3.93. The van der Waals surface area contributed by atoms with E-state index in [1.54, 1.807) is 0 Å². The van der Waals surface area contributed by atoms with Gasteiger partial charge in [0.1, 0.15) is 6.04 Å². The van der Waals surface area contributed by atoms with Gasteiger partial charge in [-0.05, 0) is 6.42 Å². The van der Waals surface area contributed by atoms with E-state index in [0.717, 1.165) is 0 Å². The van der Waals surface area contributed by atoms with Crippen molar-refractivity contribution in [1.82, 2.24) is 10.6 Å². The third-order valence-electron chi connectivity index (χ3n) is 1.89. The van der Waals surface area contributed by atoms with Crippen molar-refractivity contribution in [2.45, 2.75) is 18.9 Å². The summed E-state index contributed by atoms with van der Waals surface area (Å²) in [6.07, 6.45) is -0.384. The van der Waals surface area contributed by atoms with Gasteiger partial charge in [0.05, 0.1) is 11.9 Å². The Labute approximate surface area is 111 Å². The lowest BCUT2D eigenvalue weighted by atomic mass is 10.1. The number of primary amides is 1. The molecule has 0 heterocycles. The Morgan fingerprint density at radius 3 is 2.28 bits per heavy atom. The lowest BCUT2D eigenvalue weighted by Gasteiger charge is -2.14. The Balaban J connectivity index is 4.15. The van der Waals surface area contributed by atoms with Crippen LogP contribution in [0.4, 0.5) is 0 Å². The first kappa shape index (κ1) is 16.4. The van der Waals surface area contributed by atoms with Crippen LogP contribution in [0.1, 0.15) is 12.8 Å². The first-order valence-electron chi connectivity index (χ1n) is 5.00. The maximum Gasteiger partial charge on any atom is 0.303 e. The second kappa shape index (κ2) is 8.45. The zero-order chi connectivity index (χ0) is 14.1. The number of hydrogen-bond acceptors (Lipinski definition) is 4. The summed E-state index contributed by atoms with van der Waals surface area (Å²) in [5.41, 5.74) is 5.01. The van der Waals surface area contributed by atoms with Crippen molar-refractivity contribution in [3.05, 3.63) is 0 Å². The average molecular weight is 324 g/mol. The van der Waals surface area contributed by atoms with E-state index in [4.69, 9.17) is 10.8 Å². The average Bonchev–Trinajstić information content (AvgIpc) is 2.30. The van der Waals surface area contributed by atoms with Gasteiger partial charge in [-0.25, -0.2) is 0 Å². The predicted octanol–water partition coefficient (Wildman–Crippen LogP) is -1.67. The molecule has 0 fully saturated rings. The van der Waals surface area contributed by atoms with Gasteiger partial charge in [-0.1, -0.05) is 15.9 Å². The highest BCUT2D eigenvalue weighted by Crippen LogP contribution is 1.96. The molecule has 5 N–H and O–H groups in total. The SMILES string of the molecule is NC(=O)[C@H](CCC(=O)O)NC(=O)CNC(=O)CBr. The summed E-state index contributed by atoms with van der Waals surface area (Å²) >= 11 is 2.90.